The van der Waals surface area contributed by atoms with Crippen LogP contribution in [-0.2, 0) is 13.1 Å². The largest absolute Gasteiger partial charge is 0.494 e. The van der Waals surface area contributed by atoms with Gasteiger partial charge in [-0.25, -0.2) is 4.39 Å². The first-order valence-corrected chi connectivity index (χ1v) is 9.41. The van der Waals surface area contributed by atoms with Crippen LogP contribution in [0.3, 0.4) is 0 Å². The Morgan fingerprint density at radius 1 is 1.18 bits per heavy atom. The van der Waals surface area contributed by atoms with E-state index in [2.05, 4.69) is 10.3 Å². The van der Waals surface area contributed by atoms with Crippen LogP contribution in [-0.4, -0.2) is 28.7 Å². The normalized spacial score (nSPS) is 10.7. The summed E-state index contributed by atoms with van der Waals surface area (Å²) in [5, 5.41) is 4.34. The number of hydrogen-bond donors (Lipinski definition) is 2. The number of hydrogen-bond acceptors (Lipinski definition) is 3. The fourth-order valence-corrected chi connectivity index (χ4v) is 3.11. The van der Waals surface area contributed by atoms with Gasteiger partial charge in [0, 0.05) is 30.1 Å². The van der Waals surface area contributed by atoms with Crippen molar-refractivity contribution in [1.82, 2.24) is 15.2 Å². The van der Waals surface area contributed by atoms with E-state index >= 15 is 0 Å². The number of benzene rings is 2. The van der Waals surface area contributed by atoms with Crippen molar-refractivity contribution < 1.29 is 9.13 Å². The minimum absolute atomic E-state index is 0.167. The molecule has 1 heterocycles. The van der Waals surface area contributed by atoms with Gasteiger partial charge in [-0.2, -0.15) is 0 Å². The first-order valence-electron chi connectivity index (χ1n) is 9.00. The number of aromatic amines is 1. The highest BCUT2D eigenvalue weighted by Gasteiger charge is 2.13. The highest BCUT2D eigenvalue weighted by atomic mass is 32.1. The second kappa shape index (κ2) is 8.84. The molecular formula is C21H22FN3O2S. The third-order valence-corrected chi connectivity index (χ3v) is 4.81. The van der Waals surface area contributed by atoms with E-state index in [1.165, 1.54) is 12.1 Å². The number of aromatic nitrogens is 1. The summed E-state index contributed by atoms with van der Waals surface area (Å²) in [5.74, 6) is 0.462. The predicted octanol–water partition coefficient (Wildman–Crippen LogP) is 3.57. The molecule has 0 atom stereocenters. The van der Waals surface area contributed by atoms with Crippen molar-refractivity contribution in [2.45, 2.75) is 20.0 Å². The summed E-state index contributed by atoms with van der Waals surface area (Å²) in [6, 6.07) is 13.7. The molecule has 146 valence electrons. The minimum Gasteiger partial charge on any atom is -0.494 e. The number of rotatable bonds is 6. The highest BCUT2D eigenvalue weighted by molar-refractivity contribution is 7.80. The maximum absolute atomic E-state index is 13.2. The molecule has 2 aromatic carbocycles. The number of nitrogens with zero attached hydrogens (tertiary/aromatic N) is 1. The zero-order valence-corrected chi connectivity index (χ0v) is 16.6. The van der Waals surface area contributed by atoms with Crippen molar-refractivity contribution in [2.24, 2.45) is 0 Å². The number of halogens is 1. The van der Waals surface area contributed by atoms with Gasteiger partial charge >= 0.3 is 0 Å². The molecule has 0 fully saturated rings. The summed E-state index contributed by atoms with van der Waals surface area (Å²) in [4.78, 5) is 17.3. The Hall–Kier alpha value is -2.93. The molecule has 3 rings (SSSR count). The van der Waals surface area contributed by atoms with Crippen molar-refractivity contribution in [2.75, 3.05) is 13.7 Å². The van der Waals surface area contributed by atoms with Gasteiger partial charge in [-0.1, -0.05) is 12.1 Å². The Morgan fingerprint density at radius 2 is 1.93 bits per heavy atom. The summed E-state index contributed by atoms with van der Waals surface area (Å²) in [7, 11) is 1.74. The van der Waals surface area contributed by atoms with Gasteiger partial charge in [0.15, 0.2) is 5.11 Å². The lowest BCUT2D eigenvalue weighted by atomic mass is 10.1. The van der Waals surface area contributed by atoms with E-state index in [9.17, 15) is 9.18 Å². The van der Waals surface area contributed by atoms with Crippen molar-refractivity contribution in [3.05, 3.63) is 75.8 Å². The van der Waals surface area contributed by atoms with Crippen LogP contribution >= 0.6 is 12.2 Å². The van der Waals surface area contributed by atoms with E-state index in [4.69, 9.17) is 17.0 Å². The third kappa shape index (κ3) is 4.67. The van der Waals surface area contributed by atoms with E-state index in [1.807, 2.05) is 36.1 Å². The molecular weight excluding hydrogens is 377 g/mol. The molecule has 28 heavy (non-hydrogen) atoms. The van der Waals surface area contributed by atoms with Crippen molar-refractivity contribution in [3.8, 4) is 5.75 Å². The lowest BCUT2D eigenvalue weighted by Crippen LogP contribution is -2.38. The maximum Gasteiger partial charge on any atom is 0.253 e. The van der Waals surface area contributed by atoms with Gasteiger partial charge in [0.05, 0.1) is 13.2 Å². The Balaban J connectivity index is 1.91. The van der Waals surface area contributed by atoms with Crippen LogP contribution in [0.2, 0.25) is 0 Å². The number of nitrogens with one attached hydrogen (secondary N) is 2. The third-order valence-electron chi connectivity index (χ3n) is 4.35. The first kappa shape index (κ1) is 19.8. The molecule has 1 aromatic heterocycles. The van der Waals surface area contributed by atoms with Crippen molar-refractivity contribution in [1.29, 1.82) is 0 Å². The monoisotopic (exact) mass is 399 g/mol. The van der Waals surface area contributed by atoms with Gasteiger partial charge in [0.25, 0.3) is 5.56 Å². The number of thiocarbonyl (C=S) groups is 1. The molecule has 0 spiro atoms. The van der Waals surface area contributed by atoms with Crippen molar-refractivity contribution >= 4 is 28.2 Å². The number of pyridine rings is 1. The Labute approximate surface area is 168 Å². The molecule has 7 heteroatoms. The molecule has 0 radical (unpaired) electrons. The predicted molar refractivity (Wildman–Crippen MR) is 113 cm³/mol. The second-order valence-electron chi connectivity index (χ2n) is 6.34. The summed E-state index contributed by atoms with van der Waals surface area (Å²) in [5.41, 5.74) is 2.06. The summed E-state index contributed by atoms with van der Waals surface area (Å²) in [6.45, 7) is 3.27. The van der Waals surface area contributed by atoms with Gasteiger partial charge in [-0.3, -0.25) is 4.79 Å². The highest BCUT2D eigenvalue weighted by Crippen LogP contribution is 2.20. The van der Waals surface area contributed by atoms with Crippen LogP contribution in [0.5, 0.6) is 5.75 Å². The van der Waals surface area contributed by atoms with Crippen LogP contribution in [0.25, 0.3) is 10.9 Å². The van der Waals surface area contributed by atoms with Crippen LogP contribution < -0.4 is 15.6 Å². The number of ether oxygens (including phenoxy) is 1. The Bertz CT molecular complexity index is 1030. The van der Waals surface area contributed by atoms with E-state index in [1.54, 1.807) is 19.2 Å². The van der Waals surface area contributed by atoms with Gasteiger partial charge in [-0.05, 0) is 61.1 Å². The summed E-state index contributed by atoms with van der Waals surface area (Å²) in [6.07, 6.45) is 0. The van der Waals surface area contributed by atoms with E-state index in [0.29, 0.717) is 30.4 Å². The molecule has 0 amide bonds. The number of H-pyrrole nitrogens is 1. The molecule has 0 unspecified atom stereocenters. The van der Waals surface area contributed by atoms with Crippen molar-refractivity contribution in [3.63, 3.8) is 0 Å². The van der Waals surface area contributed by atoms with Gasteiger partial charge in [0.2, 0.25) is 0 Å². The van der Waals surface area contributed by atoms with E-state index < -0.39 is 0 Å². The zero-order chi connectivity index (χ0) is 20.1. The first-order chi connectivity index (χ1) is 13.5. The smallest absolute Gasteiger partial charge is 0.253 e. The molecule has 5 nitrogen and oxygen atoms in total. The number of fused-ring (bicyclic) bond motifs is 1. The van der Waals surface area contributed by atoms with Crippen LogP contribution in [0.1, 0.15) is 18.1 Å². The van der Waals surface area contributed by atoms with Crippen LogP contribution in [0, 0.1) is 5.82 Å². The lowest BCUT2D eigenvalue weighted by Gasteiger charge is -2.25. The fourth-order valence-electron chi connectivity index (χ4n) is 2.98. The molecule has 0 bridgehead atoms. The average Bonchev–Trinajstić information content (AvgIpc) is 2.69. The molecule has 0 saturated carbocycles. The molecule has 0 aliphatic heterocycles. The van der Waals surface area contributed by atoms with Crippen LogP contribution in [0.15, 0.2) is 53.3 Å². The fraction of sp³-hybridized carbons (Fsp3) is 0.238. The molecule has 0 aliphatic rings. The Kier molecular flexibility index (Phi) is 6.26. The SMILES string of the molecule is CCOc1ccc2[nH]c(=O)c(CN(Cc3ccc(F)cc3)C(=S)NC)cc2c1. The van der Waals surface area contributed by atoms with Gasteiger partial charge in [-0.15, -0.1) is 0 Å². The molecule has 3 aromatic rings. The lowest BCUT2D eigenvalue weighted by molar-refractivity contribution is 0.340. The standard InChI is InChI=1S/C21H22FN3O2S/c1-3-27-18-8-9-19-15(11-18)10-16(20(26)24-19)13-25(21(28)23-2)12-14-4-6-17(22)7-5-14/h4-11H,3,12-13H2,1-2H3,(H,23,28)(H,24,26). The minimum atomic E-state index is -0.289. The quantitative estimate of drug-likeness (QED) is 0.621. The molecule has 2 N–H and O–H groups in total. The van der Waals surface area contributed by atoms with Gasteiger partial charge in [0.1, 0.15) is 11.6 Å². The van der Waals surface area contributed by atoms with Gasteiger partial charge < -0.3 is 19.9 Å². The Morgan fingerprint density at radius 3 is 2.61 bits per heavy atom. The zero-order valence-electron chi connectivity index (χ0n) is 15.8. The van der Waals surface area contributed by atoms with E-state index in [0.717, 1.165) is 22.2 Å². The summed E-state index contributed by atoms with van der Waals surface area (Å²) < 4.78 is 18.7. The average molecular weight is 399 g/mol. The van der Waals surface area contributed by atoms with Crippen LogP contribution in [0.4, 0.5) is 4.39 Å². The summed E-state index contributed by atoms with van der Waals surface area (Å²) >= 11 is 5.40. The second-order valence-corrected chi connectivity index (χ2v) is 6.73. The molecule has 0 aliphatic carbocycles. The molecule has 0 saturated heterocycles. The van der Waals surface area contributed by atoms with E-state index in [-0.39, 0.29) is 11.4 Å². The topological polar surface area (TPSA) is 57.4 Å². The maximum atomic E-state index is 13.2.